The number of ether oxygens (including phenoxy) is 3. The highest BCUT2D eigenvalue weighted by Gasteiger charge is 2.48. The Kier molecular flexibility index (Phi) is 8.36. The number of hydrogen-bond acceptors (Lipinski definition) is 6. The summed E-state index contributed by atoms with van der Waals surface area (Å²) in [5, 5.41) is 3.32. The highest BCUT2D eigenvalue weighted by Crippen LogP contribution is 2.34. The minimum atomic E-state index is -3.43. The molecular formula is C28H33F2N3O5. The van der Waals surface area contributed by atoms with Crippen molar-refractivity contribution in [2.45, 2.75) is 77.0 Å². The lowest BCUT2D eigenvalue weighted by atomic mass is 9.87. The third-order valence-corrected chi connectivity index (χ3v) is 6.66. The van der Waals surface area contributed by atoms with Gasteiger partial charge >= 0.3 is 5.92 Å². The van der Waals surface area contributed by atoms with Crippen LogP contribution < -0.4 is 20.5 Å². The topological polar surface area (TPSA) is 113 Å². The van der Waals surface area contributed by atoms with Crippen molar-refractivity contribution in [3.8, 4) is 23.5 Å². The van der Waals surface area contributed by atoms with Gasteiger partial charge in [0.25, 0.3) is 11.8 Å². The summed E-state index contributed by atoms with van der Waals surface area (Å²) in [7, 11) is 0. The molecule has 38 heavy (non-hydrogen) atoms. The normalized spacial score (nSPS) is 22.6. The number of benzene rings is 1. The second-order valence-electron chi connectivity index (χ2n) is 9.99. The predicted octanol–water partition coefficient (Wildman–Crippen LogP) is 3.97. The average molecular weight is 530 g/mol. The van der Waals surface area contributed by atoms with Gasteiger partial charge in [0.15, 0.2) is 0 Å². The molecule has 2 amide bonds. The molecule has 0 unspecified atom stereocenters. The maximum absolute atomic E-state index is 13.6. The number of alkyl halides is 2. The number of carbonyl (C=O) groups excluding carboxylic acids is 2. The first-order valence-corrected chi connectivity index (χ1v) is 12.9. The third kappa shape index (κ3) is 6.33. The van der Waals surface area contributed by atoms with Crippen molar-refractivity contribution in [1.29, 1.82) is 0 Å². The van der Waals surface area contributed by atoms with E-state index in [9.17, 15) is 18.4 Å². The molecule has 2 aromatic rings. The molecule has 0 bridgehead atoms. The lowest BCUT2D eigenvalue weighted by molar-refractivity contribution is -0.139. The van der Waals surface area contributed by atoms with Crippen molar-refractivity contribution in [2.24, 2.45) is 11.7 Å². The molecule has 3 N–H and O–H groups in total. The first kappa shape index (κ1) is 27.6. The molecule has 1 atom stereocenters. The number of fused-ring (bicyclic) bond motifs is 1. The van der Waals surface area contributed by atoms with Crippen LogP contribution in [0.1, 0.15) is 68.8 Å². The lowest BCUT2D eigenvalue weighted by Crippen LogP contribution is -2.33. The van der Waals surface area contributed by atoms with E-state index in [0.717, 1.165) is 25.7 Å². The Labute approximate surface area is 220 Å². The van der Waals surface area contributed by atoms with Crippen molar-refractivity contribution in [2.75, 3.05) is 13.2 Å². The van der Waals surface area contributed by atoms with Crippen LogP contribution >= 0.6 is 0 Å². The van der Waals surface area contributed by atoms with Gasteiger partial charge in [-0.3, -0.25) is 9.59 Å². The highest BCUT2D eigenvalue weighted by molar-refractivity contribution is 6.03. The molecule has 1 saturated carbocycles. The molecule has 10 heteroatoms. The van der Waals surface area contributed by atoms with Crippen LogP contribution in [-0.4, -0.2) is 54.2 Å². The number of rotatable bonds is 8. The molecule has 0 radical (unpaired) electrons. The fourth-order valence-corrected chi connectivity index (χ4v) is 4.81. The number of nitrogens with two attached hydrogens (primary N) is 1. The van der Waals surface area contributed by atoms with Crippen LogP contribution in [0.5, 0.6) is 11.6 Å². The molecule has 1 aliphatic heterocycles. The Balaban J connectivity index is 1.67. The SMILES string of the molecule is CCO[C@H]1CC[C@@H](C#Cc2cnc(OC[C@@H]3CC(F)(F)C(=O)N3)c3cc(OC(C)C)c(C(N)=O)cc23)CC1. The first-order valence-electron chi connectivity index (χ1n) is 12.9. The van der Waals surface area contributed by atoms with Crippen LogP contribution in [0.3, 0.4) is 0 Å². The lowest BCUT2D eigenvalue weighted by Gasteiger charge is -2.25. The molecule has 2 fully saturated rings. The van der Waals surface area contributed by atoms with E-state index < -0.39 is 30.2 Å². The molecule has 1 aliphatic carbocycles. The summed E-state index contributed by atoms with van der Waals surface area (Å²) in [6.07, 6.45) is 4.68. The Bertz CT molecular complexity index is 1260. The number of pyridine rings is 1. The summed E-state index contributed by atoms with van der Waals surface area (Å²) < 4.78 is 44.6. The van der Waals surface area contributed by atoms with Crippen molar-refractivity contribution in [1.82, 2.24) is 10.3 Å². The largest absolute Gasteiger partial charge is 0.490 e. The van der Waals surface area contributed by atoms with Crippen LogP contribution in [0, 0.1) is 17.8 Å². The van der Waals surface area contributed by atoms with Crippen molar-refractivity contribution in [3.63, 3.8) is 0 Å². The van der Waals surface area contributed by atoms with Crippen LogP contribution in [0.25, 0.3) is 10.8 Å². The number of nitrogens with one attached hydrogen (secondary N) is 1. The summed E-state index contributed by atoms with van der Waals surface area (Å²) in [5.74, 6) is 1.76. The molecule has 1 aromatic heterocycles. The summed E-state index contributed by atoms with van der Waals surface area (Å²) >= 11 is 0. The van der Waals surface area contributed by atoms with Gasteiger partial charge in [-0.05, 0) is 58.6 Å². The van der Waals surface area contributed by atoms with E-state index >= 15 is 0 Å². The van der Waals surface area contributed by atoms with Gasteiger partial charge in [0.1, 0.15) is 12.4 Å². The monoisotopic (exact) mass is 529 g/mol. The Morgan fingerprint density at radius 2 is 1.97 bits per heavy atom. The zero-order valence-corrected chi connectivity index (χ0v) is 21.8. The molecule has 8 nitrogen and oxygen atoms in total. The van der Waals surface area contributed by atoms with Gasteiger partial charge in [-0.2, -0.15) is 8.78 Å². The Hall–Kier alpha value is -3.45. The van der Waals surface area contributed by atoms with Gasteiger partial charge in [0.05, 0.1) is 29.4 Å². The van der Waals surface area contributed by atoms with E-state index in [1.807, 2.05) is 20.8 Å². The molecule has 2 heterocycles. The summed E-state index contributed by atoms with van der Waals surface area (Å²) in [4.78, 5) is 28.1. The van der Waals surface area contributed by atoms with Gasteiger partial charge < -0.3 is 25.3 Å². The predicted molar refractivity (Wildman–Crippen MR) is 137 cm³/mol. The van der Waals surface area contributed by atoms with Crippen LogP contribution in [-0.2, 0) is 9.53 Å². The standard InChI is InChI=1S/C28H33F2N3O5/c1-4-36-20-9-6-17(7-10-20)5-8-18-14-32-26(37-15-19-13-28(29,30)27(35)33-19)22-12-24(38-16(2)3)23(25(31)34)11-21(18)22/h11-12,14,16-17,19-20H,4,6-7,9-10,13,15H2,1-3H3,(H2,31,34)(H,33,35)/t17-,19-,20+/m0/s1. The summed E-state index contributed by atoms with van der Waals surface area (Å²) in [5.41, 5.74) is 6.42. The van der Waals surface area contributed by atoms with E-state index in [4.69, 9.17) is 19.9 Å². The first-order chi connectivity index (χ1) is 18.1. The van der Waals surface area contributed by atoms with E-state index in [1.54, 1.807) is 12.1 Å². The van der Waals surface area contributed by atoms with Crippen molar-refractivity contribution in [3.05, 3.63) is 29.5 Å². The minimum Gasteiger partial charge on any atom is -0.490 e. The molecule has 0 spiro atoms. The van der Waals surface area contributed by atoms with Gasteiger partial charge in [0.2, 0.25) is 5.88 Å². The van der Waals surface area contributed by atoms with E-state index in [-0.39, 0.29) is 41.9 Å². The van der Waals surface area contributed by atoms with E-state index in [0.29, 0.717) is 22.9 Å². The van der Waals surface area contributed by atoms with Crippen molar-refractivity contribution < 1.29 is 32.6 Å². The molecular weight excluding hydrogens is 496 g/mol. The fraction of sp³-hybridized carbons (Fsp3) is 0.536. The van der Waals surface area contributed by atoms with Gasteiger partial charge in [0, 0.05) is 35.9 Å². The summed E-state index contributed by atoms with van der Waals surface area (Å²) in [6, 6.07) is 2.35. The van der Waals surface area contributed by atoms with Crippen LogP contribution in [0.4, 0.5) is 8.78 Å². The highest BCUT2D eigenvalue weighted by atomic mass is 19.3. The number of aromatic nitrogens is 1. The molecule has 1 saturated heterocycles. The van der Waals surface area contributed by atoms with E-state index in [1.165, 1.54) is 6.20 Å². The van der Waals surface area contributed by atoms with Crippen LogP contribution in [0.2, 0.25) is 0 Å². The average Bonchev–Trinajstić information content (AvgIpc) is 3.13. The maximum atomic E-state index is 13.6. The second-order valence-corrected chi connectivity index (χ2v) is 9.99. The molecule has 204 valence electrons. The van der Waals surface area contributed by atoms with Crippen molar-refractivity contribution >= 4 is 22.6 Å². The fourth-order valence-electron chi connectivity index (χ4n) is 4.81. The zero-order chi connectivity index (χ0) is 27.4. The van der Waals surface area contributed by atoms with Gasteiger partial charge in [-0.1, -0.05) is 11.8 Å². The van der Waals surface area contributed by atoms with Gasteiger partial charge in [-0.15, -0.1) is 0 Å². The van der Waals surface area contributed by atoms with Gasteiger partial charge in [-0.25, -0.2) is 4.98 Å². The number of hydrogen-bond donors (Lipinski definition) is 2. The number of carbonyl (C=O) groups is 2. The van der Waals surface area contributed by atoms with E-state index in [2.05, 4.69) is 22.1 Å². The minimum absolute atomic E-state index is 0.150. The number of primary amides is 1. The number of amides is 2. The quantitative estimate of drug-likeness (QED) is 0.501. The Morgan fingerprint density at radius 1 is 1.24 bits per heavy atom. The maximum Gasteiger partial charge on any atom is 0.326 e. The summed E-state index contributed by atoms with van der Waals surface area (Å²) in [6.45, 7) is 6.13. The zero-order valence-electron chi connectivity index (χ0n) is 21.8. The second kappa shape index (κ2) is 11.5. The van der Waals surface area contributed by atoms with Crippen LogP contribution in [0.15, 0.2) is 18.3 Å². The number of halogens is 2. The molecule has 1 aromatic carbocycles. The molecule has 4 rings (SSSR count). The Morgan fingerprint density at radius 3 is 2.58 bits per heavy atom. The molecule has 2 aliphatic rings. The third-order valence-electron chi connectivity index (χ3n) is 6.66. The number of nitrogens with zero attached hydrogens (tertiary/aromatic N) is 1. The smallest absolute Gasteiger partial charge is 0.326 e.